The molecule has 1 aromatic rings. The molecule has 30 heavy (non-hydrogen) atoms. The van der Waals surface area contributed by atoms with E-state index in [4.69, 9.17) is 0 Å². The van der Waals surface area contributed by atoms with Gasteiger partial charge in [-0.05, 0) is 89.7 Å². The summed E-state index contributed by atoms with van der Waals surface area (Å²) >= 11 is 0. The molecular weight excluding hydrogens is 374 g/mol. The van der Waals surface area contributed by atoms with Gasteiger partial charge in [0, 0.05) is 18.5 Å². The molecule has 4 rings (SSSR count). The molecule has 1 N–H and O–H groups in total. The molecule has 3 aliphatic rings. The highest BCUT2D eigenvalue weighted by Crippen LogP contribution is 2.28. The van der Waals surface area contributed by atoms with E-state index in [1.54, 1.807) is 0 Å². The number of rotatable bonds is 7. The Labute approximate surface area is 182 Å². The molecule has 1 amide bonds. The van der Waals surface area contributed by atoms with Crippen LogP contribution in [-0.2, 0) is 11.2 Å². The summed E-state index contributed by atoms with van der Waals surface area (Å²) in [5, 5.41) is 9.52. The number of hydrogen-bond acceptors (Lipinski definition) is 4. The summed E-state index contributed by atoms with van der Waals surface area (Å²) in [5.41, 5.74) is 1.45. The fourth-order valence-electron chi connectivity index (χ4n) is 5.72. The second kappa shape index (κ2) is 10.7. The number of amides is 1. The van der Waals surface area contributed by atoms with Gasteiger partial charge in [-0.15, -0.1) is 0 Å². The van der Waals surface area contributed by atoms with Crippen LogP contribution in [0.2, 0.25) is 0 Å². The van der Waals surface area contributed by atoms with E-state index in [1.807, 2.05) is 4.90 Å². The summed E-state index contributed by atoms with van der Waals surface area (Å²) < 4.78 is 0. The Morgan fingerprint density at radius 1 is 0.933 bits per heavy atom. The third-order valence-electron chi connectivity index (χ3n) is 7.61. The molecule has 3 heterocycles. The molecule has 0 aromatic heterocycles. The lowest BCUT2D eigenvalue weighted by Gasteiger charge is -2.42. The quantitative estimate of drug-likeness (QED) is 0.747. The predicted molar refractivity (Wildman–Crippen MR) is 120 cm³/mol. The Kier molecular flexibility index (Phi) is 7.80. The summed E-state index contributed by atoms with van der Waals surface area (Å²) in [6, 6.07) is 11.6. The van der Waals surface area contributed by atoms with Gasteiger partial charge >= 0.3 is 0 Å². The number of benzene rings is 1. The zero-order valence-corrected chi connectivity index (χ0v) is 18.4. The molecule has 0 spiro atoms. The van der Waals surface area contributed by atoms with Gasteiger partial charge < -0.3 is 19.8 Å². The molecule has 3 fully saturated rings. The van der Waals surface area contributed by atoms with E-state index in [9.17, 15) is 9.90 Å². The van der Waals surface area contributed by atoms with Crippen molar-refractivity contribution in [1.82, 2.24) is 14.7 Å². The summed E-state index contributed by atoms with van der Waals surface area (Å²) in [5.74, 6) is 0.478. The largest absolute Gasteiger partial charge is 0.394 e. The fraction of sp³-hybridized carbons (Fsp3) is 0.720. The summed E-state index contributed by atoms with van der Waals surface area (Å²) in [6.45, 7) is 6.72. The van der Waals surface area contributed by atoms with Gasteiger partial charge in [0.2, 0.25) is 5.91 Å². The van der Waals surface area contributed by atoms with E-state index in [0.29, 0.717) is 11.9 Å². The maximum atomic E-state index is 12.9. The van der Waals surface area contributed by atoms with Crippen molar-refractivity contribution in [3.05, 3.63) is 35.9 Å². The summed E-state index contributed by atoms with van der Waals surface area (Å²) in [6.07, 6.45) is 8.94. The van der Waals surface area contributed by atoms with Gasteiger partial charge in [0.15, 0.2) is 0 Å². The first-order chi connectivity index (χ1) is 14.7. The monoisotopic (exact) mass is 413 g/mol. The van der Waals surface area contributed by atoms with Crippen molar-refractivity contribution >= 4 is 5.91 Å². The van der Waals surface area contributed by atoms with Crippen LogP contribution in [0.25, 0.3) is 0 Å². The highest BCUT2D eigenvalue weighted by molar-refractivity contribution is 5.79. The highest BCUT2D eigenvalue weighted by atomic mass is 16.3. The van der Waals surface area contributed by atoms with Gasteiger partial charge in [0.1, 0.15) is 0 Å². The predicted octanol–water partition coefficient (Wildman–Crippen LogP) is 2.78. The van der Waals surface area contributed by atoms with Crippen molar-refractivity contribution in [2.45, 2.75) is 63.5 Å². The van der Waals surface area contributed by atoms with Crippen LogP contribution in [0.5, 0.6) is 0 Å². The Hall–Kier alpha value is -1.43. The Morgan fingerprint density at radius 2 is 1.67 bits per heavy atom. The number of carbonyl (C=O) groups is 1. The smallest absolute Gasteiger partial charge is 0.226 e. The van der Waals surface area contributed by atoms with E-state index in [0.717, 1.165) is 45.3 Å². The fourth-order valence-corrected chi connectivity index (χ4v) is 5.72. The lowest BCUT2D eigenvalue weighted by molar-refractivity contribution is -0.139. The number of aliphatic hydroxyl groups is 1. The molecular formula is C25H39N3O2. The van der Waals surface area contributed by atoms with E-state index in [2.05, 4.69) is 40.1 Å². The molecule has 1 atom stereocenters. The van der Waals surface area contributed by atoms with Gasteiger partial charge in [0.05, 0.1) is 12.6 Å². The lowest BCUT2D eigenvalue weighted by atomic mass is 9.92. The molecule has 0 radical (unpaired) electrons. The Bertz CT molecular complexity index is 652. The van der Waals surface area contributed by atoms with Crippen LogP contribution in [0.1, 0.15) is 50.5 Å². The van der Waals surface area contributed by atoms with Crippen LogP contribution in [0.3, 0.4) is 0 Å². The number of aryl methyl sites for hydroxylation is 1. The molecule has 5 heteroatoms. The first kappa shape index (κ1) is 21.8. The minimum atomic E-state index is 0.0711. The van der Waals surface area contributed by atoms with Crippen LogP contribution >= 0.6 is 0 Å². The molecule has 166 valence electrons. The molecule has 3 saturated heterocycles. The van der Waals surface area contributed by atoms with E-state index < -0.39 is 0 Å². The van der Waals surface area contributed by atoms with Crippen LogP contribution in [0.15, 0.2) is 30.3 Å². The number of piperidine rings is 2. The molecule has 0 unspecified atom stereocenters. The van der Waals surface area contributed by atoms with Gasteiger partial charge in [-0.25, -0.2) is 0 Å². The maximum absolute atomic E-state index is 12.9. The molecule has 1 aromatic carbocycles. The van der Waals surface area contributed by atoms with Crippen molar-refractivity contribution in [2.75, 3.05) is 45.9 Å². The van der Waals surface area contributed by atoms with E-state index in [1.165, 1.54) is 50.9 Å². The molecule has 3 aliphatic heterocycles. The first-order valence-corrected chi connectivity index (χ1v) is 12.2. The van der Waals surface area contributed by atoms with Gasteiger partial charge in [-0.1, -0.05) is 30.3 Å². The highest BCUT2D eigenvalue weighted by Gasteiger charge is 2.36. The van der Waals surface area contributed by atoms with Crippen molar-refractivity contribution in [1.29, 1.82) is 0 Å². The van der Waals surface area contributed by atoms with Crippen LogP contribution in [0.4, 0.5) is 0 Å². The van der Waals surface area contributed by atoms with Crippen molar-refractivity contribution < 1.29 is 9.90 Å². The normalized spacial score (nSPS) is 25.1. The van der Waals surface area contributed by atoms with Gasteiger partial charge in [-0.2, -0.15) is 0 Å². The van der Waals surface area contributed by atoms with Gasteiger partial charge in [-0.3, -0.25) is 4.79 Å². The summed E-state index contributed by atoms with van der Waals surface area (Å²) in [4.78, 5) is 20.1. The van der Waals surface area contributed by atoms with Gasteiger partial charge in [0.25, 0.3) is 0 Å². The number of likely N-dealkylation sites (tertiary alicyclic amines) is 3. The topological polar surface area (TPSA) is 47.0 Å². The molecule has 0 bridgehead atoms. The number of hydrogen-bond donors (Lipinski definition) is 1. The zero-order chi connectivity index (χ0) is 20.8. The second-order valence-corrected chi connectivity index (χ2v) is 9.48. The SMILES string of the molecule is O=C(C1CCN(C2CCN(CCCc3ccccc3)CC2)CC1)N1CCC[C@H]1CO. The van der Waals surface area contributed by atoms with Crippen LogP contribution < -0.4 is 0 Å². The standard InChI is InChI=1S/C25H39N3O2/c29-20-24-9-5-15-28(24)25(30)22-10-18-27(19-11-22)23-12-16-26(17-13-23)14-4-8-21-6-2-1-3-7-21/h1-3,6-7,22-24,29H,4-5,8-20H2/t24-/m0/s1. The van der Waals surface area contributed by atoms with E-state index in [-0.39, 0.29) is 18.6 Å². The summed E-state index contributed by atoms with van der Waals surface area (Å²) in [7, 11) is 0. The molecule has 5 nitrogen and oxygen atoms in total. The third kappa shape index (κ3) is 5.43. The zero-order valence-electron chi connectivity index (χ0n) is 18.4. The number of nitrogens with zero attached hydrogens (tertiary/aromatic N) is 3. The third-order valence-corrected chi connectivity index (χ3v) is 7.61. The Morgan fingerprint density at radius 3 is 2.37 bits per heavy atom. The average Bonchev–Trinajstić information content (AvgIpc) is 3.29. The number of aliphatic hydroxyl groups excluding tert-OH is 1. The molecule has 0 saturated carbocycles. The number of carbonyl (C=O) groups excluding carboxylic acids is 1. The molecule has 0 aliphatic carbocycles. The average molecular weight is 414 g/mol. The maximum Gasteiger partial charge on any atom is 0.226 e. The van der Waals surface area contributed by atoms with Crippen molar-refractivity contribution in [3.63, 3.8) is 0 Å². The first-order valence-electron chi connectivity index (χ1n) is 12.2. The minimum Gasteiger partial charge on any atom is -0.394 e. The van der Waals surface area contributed by atoms with Crippen LogP contribution in [-0.4, -0.2) is 83.7 Å². The van der Waals surface area contributed by atoms with Crippen molar-refractivity contribution in [2.24, 2.45) is 5.92 Å². The lowest BCUT2D eigenvalue weighted by Crippen LogP contribution is -2.50. The second-order valence-electron chi connectivity index (χ2n) is 9.48. The minimum absolute atomic E-state index is 0.0711. The Balaban J connectivity index is 1.14. The van der Waals surface area contributed by atoms with Crippen LogP contribution in [0, 0.1) is 5.92 Å². The van der Waals surface area contributed by atoms with Crippen molar-refractivity contribution in [3.8, 4) is 0 Å². The van der Waals surface area contributed by atoms with E-state index >= 15 is 0 Å².